The molecule has 2 fully saturated rings. The average Bonchev–Trinajstić information content (AvgIpc) is 3.59. The Morgan fingerprint density at radius 1 is 1.00 bits per heavy atom. The van der Waals surface area contributed by atoms with Gasteiger partial charge in [-0.25, -0.2) is 15.0 Å². The first-order valence-corrected chi connectivity index (χ1v) is 10.9. The van der Waals surface area contributed by atoms with Crippen LogP contribution in [0.1, 0.15) is 50.2 Å². The van der Waals surface area contributed by atoms with Crippen LogP contribution >= 0.6 is 0 Å². The van der Waals surface area contributed by atoms with E-state index in [1.807, 2.05) is 32.0 Å². The lowest BCUT2D eigenvalue weighted by molar-refractivity contribution is 0.573. The third kappa shape index (κ3) is 3.53. The van der Waals surface area contributed by atoms with Gasteiger partial charge in [0.15, 0.2) is 0 Å². The normalized spacial score (nSPS) is 17.2. The molecule has 0 amide bonds. The Morgan fingerprint density at radius 3 is 2.43 bits per heavy atom. The molecule has 1 aromatic carbocycles. The molecule has 156 valence electrons. The van der Waals surface area contributed by atoms with Crippen LogP contribution < -0.4 is 15.4 Å². The Kier molecular flexibility index (Phi) is 4.68. The van der Waals surface area contributed by atoms with Gasteiger partial charge in [0.2, 0.25) is 0 Å². The molecular weight excluding hydrogens is 376 g/mol. The van der Waals surface area contributed by atoms with Crippen molar-refractivity contribution in [3.8, 4) is 0 Å². The summed E-state index contributed by atoms with van der Waals surface area (Å²) in [5, 5.41) is 0.678. The van der Waals surface area contributed by atoms with Crippen molar-refractivity contribution in [1.82, 2.24) is 19.5 Å². The monoisotopic (exact) mass is 404 g/mol. The van der Waals surface area contributed by atoms with Crippen LogP contribution in [-0.2, 0) is 0 Å². The van der Waals surface area contributed by atoms with E-state index in [9.17, 15) is 4.79 Å². The molecule has 0 radical (unpaired) electrons. The summed E-state index contributed by atoms with van der Waals surface area (Å²) in [4.78, 5) is 31.4. The number of nitrogens with zero attached hydrogens (tertiary/aromatic N) is 6. The molecule has 3 heterocycles. The Balaban J connectivity index is 1.33. The van der Waals surface area contributed by atoms with E-state index in [1.54, 1.807) is 10.9 Å². The number of piperazine rings is 1. The molecule has 1 saturated heterocycles. The fraction of sp³-hybridized carbons (Fsp3) is 0.478. The Bertz CT molecular complexity index is 1140. The molecule has 1 aliphatic carbocycles. The molecule has 0 bridgehead atoms. The second-order valence-electron chi connectivity index (χ2n) is 8.73. The van der Waals surface area contributed by atoms with Crippen LogP contribution in [0.4, 0.5) is 11.5 Å². The second-order valence-corrected chi connectivity index (χ2v) is 8.73. The van der Waals surface area contributed by atoms with Crippen LogP contribution in [0.2, 0.25) is 0 Å². The highest BCUT2D eigenvalue weighted by Gasteiger charge is 2.28. The summed E-state index contributed by atoms with van der Waals surface area (Å²) in [5.74, 6) is 2.63. The van der Waals surface area contributed by atoms with E-state index in [1.165, 1.54) is 12.8 Å². The molecule has 7 nitrogen and oxygen atoms in total. The van der Waals surface area contributed by atoms with Crippen molar-refractivity contribution in [1.29, 1.82) is 0 Å². The zero-order valence-corrected chi connectivity index (χ0v) is 17.9. The maximum Gasteiger partial charge on any atom is 0.261 e. The molecule has 2 aliphatic rings. The smallest absolute Gasteiger partial charge is 0.261 e. The summed E-state index contributed by atoms with van der Waals surface area (Å²) in [7, 11) is 0. The lowest BCUT2D eigenvalue weighted by atomic mass is 10.2. The maximum absolute atomic E-state index is 12.7. The van der Waals surface area contributed by atoms with Gasteiger partial charge in [0.25, 0.3) is 5.56 Å². The number of benzene rings is 1. The molecular formula is C23H28N6O. The number of hydrogen-bond donors (Lipinski definition) is 0. The average molecular weight is 405 g/mol. The number of anilines is 2. The predicted molar refractivity (Wildman–Crippen MR) is 120 cm³/mol. The van der Waals surface area contributed by atoms with Gasteiger partial charge in [-0.15, -0.1) is 0 Å². The van der Waals surface area contributed by atoms with Gasteiger partial charge in [-0.1, -0.05) is 0 Å². The summed E-state index contributed by atoms with van der Waals surface area (Å²) >= 11 is 0. The Labute approximate surface area is 176 Å². The third-order valence-electron chi connectivity index (χ3n) is 6.09. The Morgan fingerprint density at radius 2 is 1.73 bits per heavy atom. The van der Waals surface area contributed by atoms with Crippen molar-refractivity contribution in [2.24, 2.45) is 0 Å². The minimum Gasteiger partial charge on any atom is -0.368 e. The predicted octanol–water partition coefficient (Wildman–Crippen LogP) is 3.28. The van der Waals surface area contributed by atoms with Gasteiger partial charge < -0.3 is 9.80 Å². The third-order valence-corrected chi connectivity index (χ3v) is 6.09. The summed E-state index contributed by atoms with van der Waals surface area (Å²) < 4.78 is 1.68. The van der Waals surface area contributed by atoms with Gasteiger partial charge in [0.05, 0.1) is 17.2 Å². The first kappa shape index (κ1) is 19.0. The van der Waals surface area contributed by atoms with Crippen LogP contribution in [0, 0.1) is 6.92 Å². The maximum atomic E-state index is 12.7. The van der Waals surface area contributed by atoms with Crippen LogP contribution in [0.15, 0.2) is 35.4 Å². The molecule has 7 heteroatoms. The van der Waals surface area contributed by atoms with Gasteiger partial charge in [-0.05, 0) is 51.8 Å². The lowest BCUT2D eigenvalue weighted by Gasteiger charge is -2.37. The lowest BCUT2D eigenvalue weighted by Crippen LogP contribution is -2.47. The number of aryl methyl sites for hydroxylation is 1. The first-order valence-electron chi connectivity index (χ1n) is 10.9. The Hall–Kier alpha value is -2.96. The van der Waals surface area contributed by atoms with E-state index in [4.69, 9.17) is 4.98 Å². The number of rotatable bonds is 4. The number of aromatic nitrogens is 4. The first-order chi connectivity index (χ1) is 14.5. The van der Waals surface area contributed by atoms with E-state index >= 15 is 0 Å². The molecule has 0 N–H and O–H groups in total. The van der Waals surface area contributed by atoms with Gasteiger partial charge in [-0.2, -0.15) is 0 Å². The number of hydrogen-bond acceptors (Lipinski definition) is 6. The molecule has 1 aliphatic heterocycles. The topological polar surface area (TPSA) is 67.2 Å². The van der Waals surface area contributed by atoms with Crippen molar-refractivity contribution in [3.63, 3.8) is 0 Å². The molecule has 5 rings (SSSR count). The highest BCUT2D eigenvalue weighted by atomic mass is 16.1. The summed E-state index contributed by atoms with van der Waals surface area (Å²) in [6, 6.07) is 8.21. The highest BCUT2D eigenvalue weighted by molar-refractivity contribution is 5.81. The highest BCUT2D eigenvalue weighted by Crippen LogP contribution is 2.38. The zero-order valence-electron chi connectivity index (χ0n) is 17.9. The van der Waals surface area contributed by atoms with Crippen LogP contribution in [0.3, 0.4) is 0 Å². The van der Waals surface area contributed by atoms with Crippen LogP contribution in [0.25, 0.3) is 10.9 Å². The van der Waals surface area contributed by atoms with E-state index < -0.39 is 0 Å². The summed E-state index contributed by atoms with van der Waals surface area (Å²) in [6.07, 6.45) is 4.09. The van der Waals surface area contributed by atoms with E-state index in [0.717, 1.165) is 54.7 Å². The molecule has 2 aromatic heterocycles. The van der Waals surface area contributed by atoms with E-state index in [2.05, 4.69) is 32.8 Å². The second kappa shape index (κ2) is 7.38. The quantitative estimate of drug-likeness (QED) is 0.665. The van der Waals surface area contributed by atoms with Gasteiger partial charge in [0.1, 0.15) is 11.6 Å². The largest absolute Gasteiger partial charge is 0.368 e. The molecule has 0 spiro atoms. The van der Waals surface area contributed by atoms with Crippen molar-refractivity contribution < 1.29 is 0 Å². The minimum absolute atomic E-state index is 0.0250. The molecule has 1 saturated carbocycles. The van der Waals surface area contributed by atoms with Gasteiger partial charge >= 0.3 is 0 Å². The standard InChI is InChI=1S/C23H28N6O/c1-15(2)29-14-24-20-13-18(6-7-19(20)23(29)30)27-8-10-28(11-9-27)21-12-16(3)25-22(26-21)17-4-5-17/h6-7,12-15,17H,4-5,8-11H2,1-3H3. The summed E-state index contributed by atoms with van der Waals surface area (Å²) in [6.45, 7) is 9.71. The van der Waals surface area contributed by atoms with Crippen molar-refractivity contribution in [3.05, 3.63) is 52.5 Å². The molecule has 0 unspecified atom stereocenters. The molecule has 30 heavy (non-hydrogen) atoms. The van der Waals surface area contributed by atoms with Gasteiger partial charge in [-0.3, -0.25) is 9.36 Å². The van der Waals surface area contributed by atoms with Crippen molar-refractivity contribution in [2.45, 2.75) is 45.6 Å². The molecule has 0 atom stereocenters. The number of fused-ring (bicyclic) bond motifs is 1. The fourth-order valence-electron chi connectivity index (χ4n) is 4.14. The van der Waals surface area contributed by atoms with Crippen LogP contribution in [-0.4, -0.2) is 45.7 Å². The summed E-state index contributed by atoms with van der Waals surface area (Å²) in [5.41, 5.74) is 2.96. The van der Waals surface area contributed by atoms with Crippen molar-refractivity contribution in [2.75, 3.05) is 36.0 Å². The van der Waals surface area contributed by atoms with Crippen LogP contribution in [0.5, 0.6) is 0 Å². The van der Waals surface area contributed by atoms with Crippen molar-refractivity contribution >= 4 is 22.4 Å². The molecule has 3 aromatic rings. The zero-order chi connectivity index (χ0) is 20.8. The van der Waals surface area contributed by atoms with E-state index in [0.29, 0.717) is 11.3 Å². The SMILES string of the molecule is Cc1cc(N2CCN(c3ccc4c(=O)n(C(C)C)cnc4c3)CC2)nc(C2CC2)n1. The minimum atomic E-state index is 0.0250. The van der Waals surface area contributed by atoms with Gasteiger partial charge in [0, 0.05) is 55.6 Å². The van der Waals surface area contributed by atoms with E-state index in [-0.39, 0.29) is 11.6 Å². The fourth-order valence-corrected chi connectivity index (χ4v) is 4.14.